The van der Waals surface area contributed by atoms with E-state index in [0.29, 0.717) is 36.4 Å². The van der Waals surface area contributed by atoms with Crippen LogP contribution in [0.2, 0.25) is 5.02 Å². The van der Waals surface area contributed by atoms with Gasteiger partial charge in [0.05, 0.1) is 5.69 Å². The number of halogens is 2. The van der Waals surface area contributed by atoms with Crippen LogP contribution in [0.5, 0.6) is 0 Å². The first-order valence-electron chi connectivity index (χ1n) is 8.53. The van der Waals surface area contributed by atoms with Crippen molar-refractivity contribution in [1.29, 1.82) is 0 Å². The summed E-state index contributed by atoms with van der Waals surface area (Å²) in [4.78, 5) is 8.63. The summed E-state index contributed by atoms with van der Waals surface area (Å²) < 4.78 is 18.5. The fourth-order valence-corrected chi connectivity index (χ4v) is 2.72. The van der Waals surface area contributed by atoms with E-state index < -0.39 is 0 Å². The lowest BCUT2D eigenvalue weighted by Crippen LogP contribution is -2.37. The second kappa shape index (κ2) is 9.19. The van der Waals surface area contributed by atoms with Gasteiger partial charge in [-0.15, -0.1) is 0 Å². The van der Waals surface area contributed by atoms with Crippen LogP contribution in [0.1, 0.15) is 11.3 Å². The molecule has 0 aliphatic heterocycles. The summed E-state index contributed by atoms with van der Waals surface area (Å²) in [5.74, 6) is 0.886. The van der Waals surface area contributed by atoms with Crippen molar-refractivity contribution >= 4 is 17.6 Å². The Hall–Kier alpha value is -2.86. The predicted molar refractivity (Wildman–Crippen MR) is 105 cm³/mol. The maximum atomic E-state index is 13.0. The van der Waals surface area contributed by atoms with Crippen LogP contribution in [0.15, 0.2) is 64.2 Å². The zero-order valence-electron chi connectivity index (χ0n) is 14.9. The van der Waals surface area contributed by atoms with Gasteiger partial charge in [0, 0.05) is 37.1 Å². The number of aromatic nitrogens is 1. The molecule has 0 radical (unpaired) electrons. The highest BCUT2D eigenvalue weighted by molar-refractivity contribution is 6.30. The Labute approximate surface area is 162 Å². The van der Waals surface area contributed by atoms with Crippen LogP contribution >= 0.6 is 11.6 Å². The van der Waals surface area contributed by atoms with Gasteiger partial charge in [-0.25, -0.2) is 9.37 Å². The van der Waals surface area contributed by atoms with Crippen LogP contribution in [0.3, 0.4) is 0 Å². The average Bonchev–Trinajstić information content (AvgIpc) is 3.14. The smallest absolute Gasteiger partial charge is 0.226 e. The Balaban J connectivity index is 1.47. The third kappa shape index (κ3) is 5.56. The number of nitrogens with zero attached hydrogens (tertiary/aromatic N) is 2. The zero-order valence-corrected chi connectivity index (χ0v) is 15.6. The number of oxazole rings is 1. The van der Waals surface area contributed by atoms with Gasteiger partial charge in [0.25, 0.3) is 0 Å². The van der Waals surface area contributed by atoms with E-state index in [4.69, 9.17) is 16.0 Å². The molecule has 0 atom stereocenters. The molecule has 3 rings (SSSR count). The van der Waals surface area contributed by atoms with Gasteiger partial charge in [-0.1, -0.05) is 23.7 Å². The molecule has 2 aromatic carbocycles. The van der Waals surface area contributed by atoms with Crippen molar-refractivity contribution in [3.8, 4) is 11.5 Å². The molecule has 1 aromatic heterocycles. The first-order valence-corrected chi connectivity index (χ1v) is 8.91. The van der Waals surface area contributed by atoms with Gasteiger partial charge in [0.1, 0.15) is 12.1 Å². The van der Waals surface area contributed by atoms with Gasteiger partial charge in [-0.3, -0.25) is 4.99 Å². The number of benzene rings is 2. The van der Waals surface area contributed by atoms with Crippen LogP contribution in [-0.4, -0.2) is 24.5 Å². The molecule has 0 bridgehead atoms. The van der Waals surface area contributed by atoms with Gasteiger partial charge >= 0.3 is 0 Å². The third-order valence-corrected chi connectivity index (χ3v) is 4.12. The number of hydrogen-bond acceptors (Lipinski definition) is 3. The molecule has 5 nitrogen and oxygen atoms in total. The van der Waals surface area contributed by atoms with Crippen LogP contribution in [0.4, 0.5) is 4.39 Å². The number of nitrogens with one attached hydrogen (secondary N) is 2. The summed E-state index contributed by atoms with van der Waals surface area (Å²) in [6.07, 6.45) is 2.28. The second-order valence-corrected chi connectivity index (χ2v) is 6.32. The molecule has 0 spiro atoms. The monoisotopic (exact) mass is 386 g/mol. The number of aliphatic imine (C=N–C) groups is 1. The highest BCUT2D eigenvalue weighted by atomic mass is 35.5. The molecular weight excluding hydrogens is 367 g/mol. The molecule has 0 amide bonds. The summed E-state index contributed by atoms with van der Waals surface area (Å²) in [6, 6.07) is 13.7. The van der Waals surface area contributed by atoms with Crippen LogP contribution < -0.4 is 10.6 Å². The molecule has 27 heavy (non-hydrogen) atoms. The van der Waals surface area contributed by atoms with Crippen molar-refractivity contribution in [1.82, 2.24) is 15.6 Å². The maximum absolute atomic E-state index is 13.0. The van der Waals surface area contributed by atoms with Gasteiger partial charge < -0.3 is 15.1 Å². The Morgan fingerprint density at radius 1 is 1.19 bits per heavy atom. The van der Waals surface area contributed by atoms with E-state index in [2.05, 4.69) is 20.6 Å². The summed E-state index contributed by atoms with van der Waals surface area (Å²) in [5.41, 5.74) is 2.63. The van der Waals surface area contributed by atoms with Gasteiger partial charge in [0.2, 0.25) is 5.89 Å². The molecule has 2 N–H and O–H groups in total. The molecular formula is C20H20ClFN4O. The van der Waals surface area contributed by atoms with E-state index >= 15 is 0 Å². The zero-order chi connectivity index (χ0) is 19.1. The fraction of sp³-hybridized carbons (Fsp3) is 0.200. The van der Waals surface area contributed by atoms with Crippen LogP contribution in [0, 0.1) is 5.82 Å². The predicted octanol–water partition coefficient (Wildman–Crippen LogP) is 4.04. The topological polar surface area (TPSA) is 62.5 Å². The van der Waals surface area contributed by atoms with Crippen molar-refractivity contribution in [3.63, 3.8) is 0 Å². The van der Waals surface area contributed by atoms with Crippen molar-refractivity contribution in [3.05, 3.63) is 76.9 Å². The van der Waals surface area contributed by atoms with E-state index in [1.165, 1.54) is 12.1 Å². The van der Waals surface area contributed by atoms with Crippen molar-refractivity contribution in [2.75, 3.05) is 13.6 Å². The van der Waals surface area contributed by atoms with Crippen molar-refractivity contribution in [2.24, 2.45) is 4.99 Å². The van der Waals surface area contributed by atoms with Crippen molar-refractivity contribution < 1.29 is 8.81 Å². The maximum Gasteiger partial charge on any atom is 0.226 e. The first-order chi connectivity index (χ1) is 13.1. The summed E-state index contributed by atoms with van der Waals surface area (Å²) >= 11 is 5.99. The van der Waals surface area contributed by atoms with Crippen LogP contribution in [0.25, 0.3) is 11.5 Å². The summed E-state index contributed by atoms with van der Waals surface area (Å²) in [7, 11) is 1.72. The lowest BCUT2D eigenvalue weighted by molar-refractivity contribution is 0.571. The number of guanidine groups is 1. The highest BCUT2D eigenvalue weighted by Crippen LogP contribution is 2.19. The van der Waals surface area contributed by atoms with E-state index in [1.807, 2.05) is 24.3 Å². The molecule has 0 saturated heterocycles. The number of hydrogen-bond donors (Lipinski definition) is 2. The minimum atomic E-state index is -0.286. The molecule has 140 valence electrons. The van der Waals surface area contributed by atoms with Crippen molar-refractivity contribution in [2.45, 2.75) is 13.0 Å². The molecule has 0 aliphatic carbocycles. The molecule has 0 aliphatic rings. The van der Waals surface area contributed by atoms with E-state index in [9.17, 15) is 4.39 Å². The largest absolute Gasteiger partial charge is 0.444 e. The average molecular weight is 387 g/mol. The Morgan fingerprint density at radius 2 is 2.00 bits per heavy atom. The third-order valence-electron chi connectivity index (χ3n) is 3.89. The molecule has 1 heterocycles. The Kier molecular flexibility index (Phi) is 6.44. The molecule has 3 aromatic rings. The normalized spacial score (nSPS) is 11.4. The molecule has 7 heteroatoms. The molecule has 0 fully saturated rings. The summed E-state index contributed by atoms with van der Waals surface area (Å²) in [6.45, 7) is 1.27. The minimum absolute atomic E-state index is 0.286. The van der Waals surface area contributed by atoms with E-state index in [0.717, 1.165) is 16.8 Å². The quantitative estimate of drug-likeness (QED) is 0.495. The lowest BCUT2D eigenvalue weighted by atomic mass is 10.2. The van der Waals surface area contributed by atoms with Gasteiger partial charge in [0.15, 0.2) is 5.96 Å². The van der Waals surface area contributed by atoms with Gasteiger partial charge in [-0.2, -0.15) is 0 Å². The van der Waals surface area contributed by atoms with Crippen LogP contribution in [-0.2, 0) is 13.0 Å². The fourth-order valence-electron chi connectivity index (χ4n) is 2.51. The standard InChI is InChI=1S/C20H20ClFN4O/c1-23-20(25-12-14-3-2-4-16(21)11-14)24-10-9-18-13-27-19(26-18)15-5-7-17(22)8-6-15/h2-8,11,13H,9-10,12H2,1H3,(H2,23,24,25). The SMILES string of the molecule is CN=C(NCCc1coc(-c2ccc(F)cc2)n1)NCc1cccc(Cl)c1. The minimum Gasteiger partial charge on any atom is -0.444 e. The molecule has 0 saturated carbocycles. The summed E-state index contributed by atoms with van der Waals surface area (Å²) in [5, 5.41) is 7.18. The Bertz CT molecular complexity index is 908. The van der Waals surface area contributed by atoms with E-state index in [-0.39, 0.29) is 5.82 Å². The first kappa shape index (κ1) is 18.9. The molecule has 0 unspecified atom stereocenters. The second-order valence-electron chi connectivity index (χ2n) is 5.88. The highest BCUT2D eigenvalue weighted by Gasteiger charge is 2.07. The Morgan fingerprint density at radius 3 is 2.74 bits per heavy atom. The number of rotatable bonds is 6. The van der Waals surface area contributed by atoms with Gasteiger partial charge in [-0.05, 0) is 42.0 Å². The van der Waals surface area contributed by atoms with E-state index in [1.54, 1.807) is 25.4 Å². The lowest BCUT2D eigenvalue weighted by Gasteiger charge is -2.11.